The Hall–Kier alpha value is -1.81. The zero-order chi connectivity index (χ0) is 9.26. The van der Waals surface area contributed by atoms with E-state index in [9.17, 15) is 4.79 Å². The molecule has 13 heavy (non-hydrogen) atoms. The van der Waals surface area contributed by atoms with Crippen molar-refractivity contribution in [2.24, 2.45) is 5.11 Å². The largest absolute Gasteiger partial charge is 0.294 e. The summed E-state index contributed by atoms with van der Waals surface area (Å²) in [5.41, 5.74) is 9.49. The van der Waals surface area contributed by atoms with E-state index in [4.69, 9.17) is 5.53 Å². The van der Waals surface area contributed by atoms with Crippen molar-refractivity contribution in [2.75, 3.05) is 0 Å². The van der Waals surface area contributed by atoms with Crippen LogP contribution in [0.3, 0.4) is 0 Å². The maximum absolute atomic E-state index is 11.3. The van der Waals surface area contributed by atoms with E-state index in [0.29, 0.717) is 24.1 Å². The lowest BCUT2D eigenvalue weighted by Gasteiger charge is -2.15. The highest BCUT2D eigenvalue weighted by molar-refractivity contribution is 5.98. The molecule has 0 saturated carbocycles. The van der Waals surface area contributed by atoms with Crippen molar-refractivity contribution < 1.29 is 4.79 Å². The first-order valence-corrected chi connectivity index (χ1v) is 3.93. The van der Waals surface area contributed by atoms with Crippen LogP contribution in [0, 0.1) is 0 Å². The lowest BCUT2D eigenvalue weighted by molar-refractivity contribution is 0.0967. The molecule has 1 aromatic heterocycles. The van der Waals surface area contributed by atoms with Gasteiger partial charge in [0.1, 0.15) is 0 Å². The highest BCUT2D eigenvalue weighted by atomic mass is 16.1. The Balaban J connectivity index is 2.46. The van der Waals surface area contributed by atoms with E-state index >= 15 is 0 Å². The summed E-state index contributed by atoms with van der Waals surface area (Å²) in [5, 5.41) is 10.0. The molecular formula is C7H7N5O. The van der Waals surface area contributed by atoms with Crippen LogP contribution >= 0.6 is 0 Å². The van der Waals surface area contributed by atoms with Crippen molar-refractivity contribution in [3.63, 3.8) is 0 Å². The van der Waals surface area contributed by atoms with Crippen LogP contribution in [0.15, 0.2) is 11.3 Å². The monoisotopic (exact) mass is 177 g/mol. The topological polar surface area (TPSA) is 94.5 Å². The summed E-state index contributed by atoms with van der Waals surface area (Å²) in [4.78, 5) is 14.0. The predicted molar refractivity (Wildman–Crippen MR) is 44.0 cm³/mol. The van der Waals surface area contributed by atoms with Crippen LogP contribution < -0.4 is 0 Å². The van der Waals surface area contributed by atoms with Gasteiger partial charge >= 0.3 is 0 Å². The summed E-state index contributed by atoms with van der Waals surface area (Å²) >= 11 is 0. The second-order valence-electron chi connectivity index (χ2n) is 2.88. The van der Waals surface area contributed by atoms with E-state index in [-0.39, 0.29) is 11.8 Å². The van der Waals surface area contributed by atoms with E-state index in [0.717, 1.165) is 0 Å². The molecule has 66 valence electrons. The van der Waals surface area contributed by atoms with Crippen molar-refractivity contribution >= 4 is 5.78 Å². The van der Waals surface area contributed by atoms with Gasteiger partial charge in [0.15, 0.2) is 5.78 Å². The number of rotatable bonds is 1. The van der Waals surface area contributed by atoms with E-state index < -0.39 is 0 Å². The Bertz CT molecular complexity index is 389. The fourth-order valence-corrected chi connectivity index (χ4v) is 1.50. The summed E-state index contributed by atoms with van der Waals surface area (Å²) in [6.07, 6.45) is 2.48. The molecule has 1 aliphatic rings. The molecular weight excluding hydrogens is 170 g/mol. The number of aromatic nitrogens is 2. The van der Waals surface area contributed by atoms with Crippen LogP contribution in [-0.4, -0.2) is 16.0 Å². The zero-order valence-corrected chi connectivity index (χ0v) is 6.77. The average molecular weight is 177 g/mol. The second-order valence-corrected chi connectivity index (χ2v) is 2.88. The number of carbonyl (C=O) groups is 1. The summed E-state index contributed by atoms with van der Waals surface area (Å²) in [5.74, 6) is 0.0631. The van der Waals surface area contributed by atoms with Crippen LogP contribution in [0.4, 0.5) is 0 Å². The molecule has 0 radical (unpaired) electrons. The molecule has 6 heteroatoms. The van der Waals surface area contributed by atoms with Gasteiger partial charge in [-0.2, -0.15) is 5.10 Å². The Morgan fingerprint density at radius 1 is 1.77 bits per heavy atom. The Morgan fingerprint density at radius 2 is 2.62 bits per heavy atom. The van der Waals surface area contributed by atoms with Crippen LogP contribution in [0.1, 0.15) is 34.9 Å². The molecule has 2 rings (SSSR count). The minimum Gasteiger partial charge on any atom is -0.294 e. The van der Waals surface area contributed by atoms with Crippen LogP contribution in [0.5, 0.6) is 0 Å². The molecule has 1 atom stereocenters. The lowest BCUT2D eigenvalue weighted by Crippen LogP contribution is -2.12. The summed E-state index contributed by atoms with van der Waals surface area (Å²) in [6.45, 7) is 0. The van der Waals surface area contributed by atoms with Crippen molar-refractivity contribution in [1.29, 1.82) is 0 Å². The normalized spacial score (nSPS) is 20.6. The van der Waals surface area contributed by atoms with Gasteiger partial charge in [-0.15, -0.1) is 0 Å². The molecule has 1 unspecified atom stereocenters. The fraction of sp³-hybridized carbons (Fsp3) is 0.429. The molecule has 1 aliphatic carbocycles. The van der Waals surface area contributed by atoms with Gasteiger partial charge in [-0.3, -0.25) is 9.89 Å². The van der Waals surface area contributed by atoms with Crippen molar-refractivity contribution in [2.45, 2.75) is 18.9 Å². The molecule has 0 aliphatic heterocycles. The number of carbonyl (C=O) groups excluding carboxylic acids is 1. The molecule has 0 spiro atoms. The lowest BCUT2D eigenvalue weighted by atomic mass is 9.93. The number of ketones is 1. The Morgan fingerprint density at radius 3 is 3.38 bits per heavy atom. The number of hydrogen-bond donors (Lipinski definition) is 1. The molecule has 1 heterocycles. The van der Waals surface area contributed by atoms with Gasteiger partial charge in [0.05, 0.1) is 23.5 Å². The highest BCUT2D eigenvalue weighted by Crippen LogP contribution is 2.30. The van der Waals surface area contributed by atoms with Gasteiger partial charge in [0.2, 0.25) is 0 Å². The number of hydrogen-bond acceptors (Lipinski definition) is 3. The number of azide groups is 1. The molecule has 0 amide bonds. The van der Waals surface area contributed by atoms with Crippen LogP contribution in [0.2, 0.25) is 0 Å². The van der Waals surface area contributed by atoms with Crippen molar-refractivity contribution in [3.05, 3.63) is 27.9 Å². The molecule has 1 N–H and O–H groups in total. The second kappa shape index (κ2) is 2.91. The van der Waals surface area contributed by atoms with Crippen LogP contribution in [0.25, 0.3) is 10.4 Å². The summed E-state index contributed by atoms with van der Waals surface area (Å²) < 4.78 is 0. The number of nitrogens with zero attached hydrogens (tertiary/aromatic N) is 4. The van der Waals surface area contributed by atoms with Gasteiger partial charge in [-0.25, -0.2) is 0 Å². The van der Waals surface area contributed by atoms with E-state index in [1.54, 1.807) is 0 Å². The van der Waals surface area contributed by atoms with Gasteiger partial charge in [0, 0.05) is 11.3 Å². The van der Waals surface area contributed by atoms with E-state index in [2.05, 4.69) is 20.2 Å². The van der Waals surface area contributed by atoms with Crippen LogP contribution in [-0.2, 0) is 0 Å². The Labute approximate surface area is 73.6 Å². The maximum Gasteiger partial charge on any atom is 0.166 e. The summed E-state index contributed by atoms with van der Waals surface area (Å²) in [6, 6.07) is -0.264. The minimum atomic E-state index is -0.264. The van der Waals surface area contributed by atoms with Gasteiger partial charge < -0.3 is 0 Å². The number of aromatic amines is 1. The number of nitrogens with one attached hydrogen (secondary N) is 1. The number of Topliss-reactive ketones (excluding diaryl/α,β-unsaturated/α-hetero) is 1. The molecule has 6 nitrogen and oxygen atoms in total. The first-order chi connectivity index (χ1) is 6.33. The zero-order valence-electron chi connectivity index (χ0n) is 6.77. The maximum atomic E-state index is 11.3. The summed E-state index contributed by atoms with van der Waals surface area (Å²) in [7, 11) is 0. The SMILES string of the molecule is [N-]=[N+]=NC1CCC(=O)c2cn[nH]c21. The third kappa shape index (κ3) is 1.17. The van der Waals surface area contributed by atoms with Crippen molar-refractivity contribution in [1.82, 2.24) is 10.2 Å². The third-order valence-electron chi connectivity index (χ3n) is 2.14. The van der Waals surface area contributed by atoms with E-state index in [1.165, 1.54) is 6.20 Å². The highest BCUT2D eigenvalue weighted by Gasteiger charge is 2.26. The van der Waals surface area contributed by atoms with Gasteiger partial charge in [0.25, 0.3) is 0 Å². The molecule has 0 bridgehead atoms. The predicted octanol–water partition coefficient (Wildman–Crippen LogP) is 1.74. The number of fused-ring (bicyclic) bond motifs is 1. The first-order valence-electron chi connectivity index (χ1n) is 3.93. The third-order valence-corrected chi connectivity index (χ3v) is 2.14. The quantitative estimate of drug-likeness (QED) is 0.401. The average Bonchev–Trinajstić information content (AvgIpc) is 2.59. The molecule has 0 saturated heterocycles. The van der Waals surface area contributed by atoms with Gasteiger partial charge in [-0.05, 0) is 12.0 Å². The number of H-pyrrole nitrogens is 1. The van der Waals surface area contributed by atoms with Crippen molar-refractivity contribution in [3.8, 4) is 0 Å². The minimum absolute atomic E-state index is 0.0631. The fourth-order valence-electron chi connectivity index (χ4n) is 1.50. The van der Waals surface area contributed by atoms with E-state index in [1.807, 2.05) is 0 Å². The smallest absolute Gasteiger partial charge is 0.166 e. The Kier molecular flexibility index (Phi) is 1.75. The first kappa shape index (κ1) is 7.82. The molecule has 0 aromatic carbocycles. The standard InChI is InChI=1S/C7H7N5O/c8-12-10-5-1-2-6(13)4-3-9-11-7(4)5/h3,5H,1-2H2,(H,9,11). The van der Waals surface area contributed by atoms with Gasteiger partial charge in [-0.1, -0.05) is 5.11 Å². The molecule has 1 aromatic rings. The molecule has 0 fully saturated rings.